The molecule has 0 unspecified atom stereocenters. The SMILES string of the molecule is C/C(=N/NC(=O)c1ccccc1S(N)(=O)=O)[C@@H](CN(CC(C)C)CC(C)C)[C@@H](c1ccccc1)c1c(O)c2ccccc2oc1=O. The lowest BCUT2D eigenvalue weighted by Gasteiger charge is -2.34. The maximum absolute atomic E-state index is 13.7. The van der Waals surface area contributed by atoms with E-state index in [2.05, 4.69) is 43.1 Å². The minimum absolute atomic E-state index is 0.0874. The molecule has 0 saturated carbocycles. The van der Waals surface area contributed by atoms with Gasteiger partial charge < -0.3 is 14.4 Å². The summed E-state index contributed by atoms with van der Waals surface area (Å²) in [7, 11) is -4.17. The van der Waals surface area contributed by atoms with Crippen LogP contribution in [0.1, 0.15) is 62.0 Å². The van der Waals surface area contributed by atoms with Gasteiger partial charge in [-0.2, -0.15) is 5.10 Å². The number of nitrogens with zero attached hydrogens (tertiary/aromatic N) is 2. The van der Waals surface area contributed by atoms with Gasteiger partial charge in [-0.3, -0.25) is 4.79 Å². The summed E-state index contributed by atoms with van der Waals surface area (Å²) in [5.41, 5.74) is 3.25. The molecule has 0 spiro atoms. The zero-order valence-corrected chi connectivity index (χ0v) is 27.6. The number of sulfonamides is 1. The summed E-state index contributed by atoms with van der Waals surface area (Å²) in [5.74, 6) is -1.53. The number of nitrogens with one attached hydrogen (secondary N) is 1. The third-order valence-corrected chi connectivity index (χ3v) is 8.67. The van der Waals surface area contributed by atoms with Crippen molar-refractivity contribution in [3.8, 4) is 5.75 Å². The summed E-state index contributed by atoms with van der Waals surface area (Å²) in [4.78, 5) is 28.9. The van der Waals surface area contributed by atoms with Crippen LogP contribution in [0.4, 0.5) is 0 Å². The van der Waals surface area contributed by atoms with Gasteiger partial charge in [-0.15, -0.1) is 0 Å². The lowest BCUT2D eigenvalue weighted by Crippen LogP contribution is -2.41. The fraction of sp³-hybridized carbons (Fsp3) is 0.343. The second-order valence-corrected chi connectivity index (χ2v) is 13.9. The van der Waals surface area contributed by atoms with Crippen molar-refractivity contribution in [2.24, 2.45) is 28.0 Å². The molecule has 2 atom stereocenters. The van der Waals surface area contributed by atoms with Crippen LogP contribution in [0.25, 0.3) is 11.0 Å². The number of nitrogens with two attached hydrogens (primary N) is 1. The zero-order valence-electron chi connectivity index (χ0n) is 26.8. The molecular weight excluding hydrogens is 604 g/mol. The van der Waals surface area contributed by atoms with Gasteiger partial charge in [-0.1, -0.05) is 82.3 Å². The number of fused-ring (bicyclic) bond motifs is 1. The van der Waals surface area contributed by atoms with Gasteiger partial charge in [0.2, 0.25) is 10.0 Å². The predicted molar refractivity (Wildman–Crippen MR) is 180 cm³/mol. The van der Waals surface area contributed by atoms with Crippen molar-refractivity contribution in [1.29, 1.82) is 0 Å². The molecule has 0 bridgehead atoms. The molecule has 4 N–H and O–H groups in total. The van der Waals surface area contributed by atoms with Crippen LogP contribution in [0.2, 0.25) is 0 Å². The summed E-state index contributed by atoms with van der Waals surface area (Å²) in [6.07, 6.45) is 0. The van der Waals surface area contributed by atoms with Crippen molar-refractivity contribution in [3.63, 3.8) is 0 Å². The highest BCUT2D eigenvalue weighted by Crippen LogP contribution is 2.39. The molecule has 0 aliphatic carbocycles. The number of primary sulfonamides is 1. The number of benzene rings is 3. The molecule has 0 aliphatic heterocycles. The number of amides is 1. The third kappa shape index (κ3) is 8.28. The van der Waals surface area contributed by atoms with E-state index in [0.29, 0.717) is 29.5 Å². The van der Waals surface area contributed by atoms with Crippen molar-refractivity contribution in [2.75, 3.05) is 19.6 Å². The van der Waals surface area contributed by atoms with E-state index >= 15 is 0 Å². The number of carbonyl (C=O) groups excluding carboxylic acids is 1. The molecule has 4 rings (SSSR count). The summed E-state index contributed by atoms with van der Waals surface area (Å²) in [6, 6.07) is 21.8. The number of carbonyl (C=O) groups is 1. The fourth-order valence-electron chi connectivity index (χ4n) is 5.88. The highest BCUT2D eigenvalue weighted by atomic mass is 32.2. The van der Waals surface area contributed by atoms with Crippen LogP contribution in [0.3, 0.4) is 0 Å². The molecular formula is C35H42N4O6S. The molecule has 3 aromatic carbocycles. The van der Waals surface area contributed by atoms with E-state index in [4.69, 9.17) is 9.56 Å². The van der Waals surface area contributed by atoms with Gasteiger partial charge in [0.15, 0.2) is 0 Å². The first-order chi connectivity index (χ1) is 21.8. The molecule has 1 amide bonds. The Morgan fingerprint density at radius 2 is 1.50 bits per heavy atom. The quantitative estimate of drug-likeness (QED) is 0.101. The van der Waals surface area contributed by atoms with Gasteiger partial charge in [0, 0.05) is 37.2 Å². The Kier molecular flexibility index (Phi) is 11.2. The Labute approximate surface area is 270 Å². The Morgan fingerprint density at radius 1 is 0.913 bits per heavy atom. The maximum Gasteiger partial charge on any atom is 0.343 e. The molecule has 0 fully saturated rings. The Bertz CT molecular complexity index is 1860. The summed E-state index contributed by atoms with van der Waals surface area (Å²) >= 11 is 0. The van der Waals surface area contributed by atoms with Gasteiger partial charge in [0.25, 0.3) is 5.91 Å². The summed E-state index contributed by atoms with van der Waals surface area (Å²) in [5, 5.41) is 21.9. The van der Waals surface area contributed by atoms with Gasteiger partial charge in [-0.05, 0) is 48.6 Å². The molecule has 1 aromatic heterocycles. The van der Waals surface area contributed by atoms with Crippen LogP contribution >= 0.6 is 0 Å². The number of hydrogen-bond acceptors (Lipinski definition) is 8. The summed E-state index contributed by atoms with van der Waals surface area (Å²) < 4.78 is 30.0. The van der Waals surface area contributed by atoms with E-state index in [0.717, 1.165) is 18.7 Å². The molecule has 244 valence electrons. The molecule has 46 heavy (non-hydrogen) atoms. The van der Waals surface area contributed by atoms with Crippen molar-refractivity contribution in [2.45, 2.75) is 45.4 Å². The standard InChI is InChI=1S/C35H42N4O6S/c1-22(2)19-39(20-23(3)4)21-28(24(5)37-38-34(41)27-16-10-12-18-30(27)46(36,43)44)31(25-13-7-6-8-14-25)32-33(40)26-15-9-11-17-29(26)45-35(32)42/h6-18,22-23,28,31,40H,19-21H2,1-5H3,(H,38,41)(H2,36,43,44)/b37-24-/t28-,31-/m1/s1. The molecule has 0 aliphatic rings. The first-order valence-corrected chi connectivity index (χ1v) is 16.8. The minimum Gasteiger partial charge on any atom is -0.507 e. The van der Waals surface area contributed by atoms with E-state index in [9.17, 15) is 23.1 Å². The van der Waals surface area contributed by atoms with Crippen LogP contribution in [-0.2, 0) is 10.0 Å². The lowest BCUT2D eigenvalue weighted by atomic mass is 9.78. The van der Waals surface area contributed by atoms with Crippen LogP contribution < -0.4 is 16.2 Å². The Hall–Kier alpha value is -4.32. The first kappa shape index (κ1) is 34.6. The van der Waals surface area contributed by atoms with Crippen LogP contribution in [0.5, 0.6) is 5.75 Å². The average Bonchev–Trinajstić information content (AvgIpc) is 3.00. The number of aromatic hydroxyl groups is 1. The Balaban J connectivity index is 1.89. The van der Waals surface area contributed by atoms with Gasteiger partial charge in [-0.25, -0.2) is 23.8 Å². The van der Waals surface area contributed by atoms with Gasteiger partial charge in [0.05, 0.1) is 21.4 Å². The largest absolute Gasteiger partial charge is 0.507 e. The average molecular weight is 647 g/mol. The molecule has 0 radical (unpaired) electrons. The fourth-order valence-corrected chi connectivity index (χ4v) is 6.62. The van der Waals surface area contributed by atoms with E-state index in [-0.39, 0.29) is 27.4 Å². The van der Waals surface area contributed by atoms with Crippen molar-refractivity contribution >= 4 is 32.6 Å². The molecule has 0 saturated heterocycles. The van der Waals surface area contributed by atoms with Gasteiger partial charge >= 0.3 is 5.63 Å². The number of hydrogen-bond donors (Lipinski definition) is 3. The second kappa shape index (κ2) is 14.8. The van der Waals surface area contributed by atoms with Crippen LogP contribution in [0, 0.1) is 17.8 Å². The lowest BCUT2D eigenvalue weighted by molar-refractivity contribution is 0.0951. The topological polar surface area (TPSA) is 155 Å². The minimum atomic E-state index is -4.17. The smallest absolute Gasteiger partial charge is 0.343 e. The number of hydrazone groups is 1. The molecule has 11 heteroatoms. The zero-order chi connectivity index (χ0) is 33.6. The van der Waals surface area contributed by atoms with Crippen molar-refractivity contribution < 1.29 is 22.7 Å². The third-order valence-electron chi connectivity index (χ3n) is 7.70. The van der Waals surface area contributed by atoms with E-state index in [1.807, 2.05) is 30.3 Å². The predicted octanol–water partition coefficient (Wildman–Crippen LogP) is 5.31. The van der Waals surface area contributed by atoms with Crippen LogP contribution in [-0.4, -0.2) is 49.7 Å². The van der Waals surface area contributed by atoms with E-state index < -0.39 is 33.4 Å². The molecule has 4 aromatic rings. The summed E-state index contributed by atoms with van der Waals surface area (Å²) in [6.45, 7) is 12.2. The Morgan fingerprint density at radius 3 is 2.13 bits per heavy atom. The maximum atomic E-state index is 13.7. The highest BCUT2D eigenvalue weighted by molar-refractivity contribution is 7.89. The monoisotopic (exact) mass is 646 g/mol. The number of rotatable bonds is 13. The van der Waals surface area contributed by atoms with Crippen molar-refractivity contribution in [3.05, 3.63) is 106 Å². The van der Waals surface area contributed by atoms with E-state index in [1.165, 1.54) is 24.3 Å². The van der Waals surface area contributed by atoms with Crippen molar-refractivity contribution in [1.82, 2.24) is 10.3 Å². The second-order valence-electron chi connectivity index (χ2n) is 12.4. The normalized spacial score (nSPS) is 13.8. The van der Waals surface area contributed by atoms with Gasteiger partial charge in [0.1, 0.15) is 11.3 Å². The van der Waals surface area contributed by atoms with Crippen LogP contribution in [0.15, 0.2) is 98.1 Å². The first-order valence-electron chi connectivity index (χ1n) is 15.3. The number of para-hydroxylation sites is 1. The molecule has 1 heterocycles. The molecule has 10 nitrogen and oxygen atoms in total. The highest BCUT2D eigenvalue weighted by Gasteiger charge is 2.35. The van der Waals surface area contributed by atoms with E-state index in [1.54, 1.807) is 31.2 Å².